The SMILES string of the molecule is CC(C)(C)c1cc(CN)n(-c2cccc(OC(F)(F)F)c2)n1.Cl. The van der Waals surface area contributed by atoms with Gasteiger partial charge < -0.3 is 10.5 Å². The molecule has 0 aliphatic carbocycles. The van der Waals surface area contributed by atoms with Crippen molar-refractivity contribution in [1.82, 2.24) is 9.78 Å². The molecule has 0 saturated carbocycles. The second-order valence-corrected chi connectivity index (χ2v) is 5.93. The van der Waals surface area contributed by atoms with E-state index in [4.69, 9.17) is 5.73 Å². The Hall–Kier alpha value is -1.73. The standard InChI is InChI=1S/C15H18F3N3O.ClH/c1-14(2,3)13-8-11(9-19)21(20-13)10-5-4-6-12(7-10)22-15(16,17)18;/h4-8H,9,19H2,1-3H3;1H. The summed E-state index contributed by atoms with van der Waals surface area (Å²) in [4.78, 5) is 0. The molecule has 1 aromatic heterocycles. The number of hydrogen-bond donors (Lipinski definition) is 1. The van der Waals surface area contributed by atoms with Gasteiger partial charge in [0.25, 0.3) is 0 Å². The molecule has 0 spiro atoms. The van der Waals surface area contributed by atoms with Crippen molar-refractivity contribution in [2.45, 2.75) is 39.1 Å². The van der Waals surface area contributed by atoms with Gasteiger partial charge in [-0.1, -0.05) is 26.8 Å². The molecule has 2 N–H and O–H groups in total. The summed E-state index contributed by atoms with van der Waals surface area (Å²) in [5.41, 5.74) is 7.53. The molecular formula is C15H19ClF3N3O. The van der Waals surface area contributed by atoms with Gasteiger partial charge in [0.2, 0.25) is 0 Å². The summed E-state index contributed by atoms with van der Waals surface area (Å²) in [7, 11) is 0. The fraction of sp³-hybridized carbons (Fsp3) is 0.400. The number of ether oxygens (including phenoxy) is 1. The van der Waals surface area contributed by atoms with Crippen LogP contribution in [0.2, 0.25) is 0 Å². The van der Waals surface area contributed by atoms with Crippen molar-refractivity contribution in [2.24, 2.45) is 5.73 Å². The van der Waals surface area contributed by atoms with Crippen molar-refractivity contribution in [3.05, 3.63) is 41.7 Å². The molecule has 0 amide bonds. The van der Waals surface area contributed by atoms with Gasteiger partial charge in [-0.2, -0.15) is 5.10 Å². The minimum atomic E-state index is -4.73. The van der Waals surface area contributed by atoms with Crippen molar-refractivity contribution in [3.8, 4) is 11.4 Å². The zero-order valence-electron chi connectivity index (χ0n) is 13.0. The third-order valence-electron chi connectivity index (χ3n) is 3.06. The minimum Gasteiger partial charge on any atom is -0.406 e. The highest BCUT2D eigenvalue weighted by Crippen LogP contribution is 2.27. The molecule has 8 heteroatoms. The van der Waals surface area contributed by atoms with E-state index in [0.717, 1.165) is 5.69 Å². The van der Waals surface area contributed by atoms with E-state index in [1.165, 1.54) is 18.2 Å². The monoisotopic (exact) mass is 349 g/mol. The van der Waals surface area contributed by atoms with Crippen LogP contribution in [0.3, 0.4) is 0 Å². The molecule has 0 bridgehead atoms. The predicted molar refractivity (Wildman–Crippen MR) is 84.1 cm³/mol. The second-order valence-electron chi connectivity index (χ2n) is 5.93. The topological polar surface area (TPSA) is 53.1 Å². The van der Waals surface area contributed by atoms with Crippen LogP contribution in [0, 0.1) is 0 Å². The first kappa shape index (κ1) is 19.3. The first-order valence-corrected chi connectivity index (χ1v) is 6.76. The highest BCUT2D eigenvalue weighted by atomic mass is 35.5. The number of benzene rings is 1. The molecule has 0 aliphatic rings. The number of aromatic nitrogens is 2. The zero-order valence-corrected chi connectivity index (χ0v) is 13.8. The Bertz CT molecular complexity index is 663. The van der Waals surface area contributed by atoms with Crippen LogP contribution in [0.4, 0.5) is 13.2 Å². The Balaban J connectivity index is 0.00000264. The Labute approximate surface area is 138 Å². The average Bonchev–Trinajstić information content (AvgIpc) is 2.81. The summed E-state index contributed by atoms with van der Waals surface area (Å²) in [6.45, 7) is 6.24. The van der Waals surface area contributed by atoms with Gasteiger partial charge in [0.05, 0.1) is 17.1 Å². The van der Waals surface area contributed by atoms with Crippen LogP contribution in [-0.2, 0) is 12.0 Å². The van der Waals surface area contributed by atoms with Gasteiger partial charge >= 0.3 is 6.36 Å². The Morgan fingerprint density at radius 2 is 1.83 bits per heavy atom. The molecule has 128 valence electrons. The van der Waals surface area contributed by atoms with Crippen LogP contribution in [0.1, 0.15) is 32.2 Å². The molecule has 1 aromatic carbocycles. The van der Waals surface area contributed by atoms with E-state index in [2.05, 4.69) is 9.84 Å². The summed E-state index contributed by atoms with van der Waals surface area (Å²) >= 11 is 0. The fourth-order valence-corrected chi connectivity index (χ4v) is 1.97. The molecule has 0 aliphatic heterocycles. The summed E-state index contributed by atoms with van der Waals surface area (Å²) in [5, 5.41) is 4.46. The van der Waals surface area contributed by atoms with Crippen LogP contribution in [0.5, 0.6) is 5.75 Å². The van der Waals surface area contributed by atoms with Gasteiger partial charge in [0.15, 0.2) is 0 Å². The van der Waals surface area contributed by atoms with Crippen molar-refractivity contribution in [2.75, 3.05) is 0 Å². The summed E-state index contributed by atoms with van der Waals surface area (Å²) in [6.07, 6.45) is -4.73. The number of halogens is 4. The third-order valence-corrected chi connectivity index (χ3v) is 3.06. The molecule has 0 atom stereocenters. The van der Waals surface area contributed by atoms with Crippen molar-refractivity contribution in [3.63, 3.8) is 0 Å². The van der Waals surface area contributed by atoms with Gasteiger partial charge in [-0.15, -0.1) is 25.6 Å². The van der Waals surface area contributed by atoms with Crippen LogP contribution in [0.25, 0.3) is 5.69 Å². The maximum atomic E-state index is 12.3. The Kier molecular flexibility index (Phi) is 5.71. The van der Waals surface area contributed by atoms with Gasteiger partial charge in [0.1, 0.15) is 5.75 Å². The third kappa shape index (κ3) is 4.87. The predicted octanol–water partition coefficient (Wildman–Crippen LogP) is 3.95. The second kappa shape index (κ2) is 6.80. The number of hydrogen-bond acceptors (Lipinski definition) is 3. The molecule has 0 saturated heterocycles. The molecule has 23 heavy (non-hydrogen) atoms. The van der Waals surface area contributed by atoms with E-state index in [-0.39, 0.29) is 30.1 Å². The summed E-state index contributed by atoms with van der Waals surface area (Å²) in [5.74, 6) is -0.291. The van der Waals surface area contributed by atoms with E-state index in [0.29, 0.717) is 11.4 Å². The summed E-state index contributed by atoms with van der Waals surface area (Å²) in [6, 6.07) is 7.52. The molecule has 2 rings (SSSR count). The lowest BCUT2D eigenvalue weighted by Gasteiger charge is -2.14. The van der Waals surface area contributed by atoms with Gasteiger partial charge in [-0.25, -0.2) is 4.68 Å². The smallest absolute Gasteiger partial charge is 0.406 e. The molecule has 1 heterocycles. The van der Waals surface area contributed by atoms with Crippen LogP contribution >= 0.6 is 12.4 Å². The number of nitrogens with zero attached hydrogens (tertiary/aromatic N) is 2. The Morgan fingerprint density at radius 3 is 2.35 bits per heavy atom. The normalized spacial score (nSPS) is 12.0. The zero-order chi connectivity index (χ0) is 16.5. The number of nitrogens with two attached hydrogens (primary N) is 1. The van der Waals surface area contributed by atoms with Crippen LogP contribution in [-0.4, -0.2) is 16.1 Å². The summed E-state index contributed by atoms with van der Waals surface area (Å²) < 4.78 is 42.4. The van der Waals surface area contributed by atoms with E-state index in [1.54, 1.807) is 10.7 Å². The maximum Gasteiger partial charge on any atom is 0.573 e. The molecular weight excluding hydrogens is 331 g/mol. The van der Waals surface area contributed by atoms with Crippen molar-refractivity contribution < 1.29 is 17.9 Å². The molecule has 4 nitrogen and oxygen atoms in total. The Morgan fingerprint density at radius 1 is 1.17 bits per heavy atom. The number of alkyl halides is 3. The largest absolute Gasteiger partial charge is 0.573 e. The van der Waals surface area contributed by atoms with E-state index in [9.17, 15) is 13.2 Å². The quantitative estimate of drug-likeness (QED) is 0.912. The highest BCUT2D eigenvalue weighted by molar-refractivity contribution is 5.85. The van der Waals surface area contributed by atoms with Crippen LogP contribution in [0.15, 0.2) is 30.3 Å². The van der Waals surface area contributed by atoms with Crippen molar-refractivity contribution in [1.29, 1.82) is 0 Å². The highest BCUT2D eigenvalue weighted by Gasteiger charge is 2.31. The van der Waals surface area contributed by atoms with Gasteiger partial charge in [0, 0.05) is 18.0 Å². The minimum absolute atomic E-state index is 0. The fourth-order valence-electron chi connectivity index (χ4n) is 1.97. The first-order chi connectivity index (χ1) is 10.1. The van der Waals surface area contributed by atoms with Gasteiger partial charge in [-0.05, 0) is 18.2 Å². The van der Waals surface area contributed by atoms with E-state index < -0.39 is 6.36 Å². The number of rotatable bonds is 3. The maximum absolute atomic E-state index is 12.3. The van der Waals surface area contributed by atoms with Crippen molar-refractivity contribution >= 4 is 12.4 Å². The molecule has 0 radical (unpaired) electrons. The molecule has 0 unspecified atom stereocenters. The lowest BCUT2D eigenvalue weighted by Crippen LogP contribution is -2.17. The lowest BCUT2D eigenvalue weighted by molar-refractivity contribution is -0.274. The average molecular weight is 350 g/mol. The molecule has 2 aromatic rings. The lowest BCUT2D eigenvalue weighted by atomic mass is 9.92. The van der Waals surface area contributed by atoms with E-state index >= 15 is 0 Å². The first-order valence-electron chi connectivity index (χ1n) is 6.76. The van der Waals surface area contributed by atoms with Crippen LogP contribution < -0.4 is 10.5 Å². The van der Waals surface area contributed by atoms with E-state index in [1.807, 2.05) is 26.8 Å². The molecule has 0 fully saturated rings. The van der Waals surface area contributed by atoms with Gasteiger partial charge in [-0.3, -0.25) is 0 Å².